The molecule has 18 heavy (non-hydrogen) atoms. The van der Waals surface area contributed by atoms with E-state index in [4.69, 9.17) is 4.74 Å². The lowest BCUT2D eigenvalue weighted by Crippen LogP contribution is -2.30. The average Bonchev–Trinajstić information content (AvgIpc) is 2.88. The molecule has 1 aliphatic heterocycles. The van der Waals surface area contributed by atoms with Crippen LogP contribution in [0.1, 0.15) is 12.8 Å². The van der Waals surface area contributed by atoms with E-state index in [0.29, 0.717) is 16.9 Å². The van der Waals surface area contributed by atoms with Gasteiger partial charge < -0.3 is 14.8 Å². The van der Waals surface area contributed by atoms with Crippen LogP contribution in [0.15, 0.2) is 28.5 Å². The van der Waals surface area contributed by atoms with Crippen molar-refractivity contribution in [2.75, 3.05) is 20.2 Å². The first-order valence-corrected chi connectivity index (χ1v) is 5.91. The quantitative estimate of drug-likeness (QED) is 0.600. The van der Waals surface area contributed by atoms with Gasteiger partial charge in [-0.15, -0.1) is 5.11 Å². The van der Waals surface area contributed by atoms with Crippen LogP contribution in [-0.4, -0.2) is 42.4 Å². The van der Waals surface area contributed by atoms with Gasteiger partial charge in [-0.25, -0.2) is 0 Å². The van der Waals surface area contributed by atoms with Gasteiger partial charge in [0.05, 0.1) is 12.8 Å². The van der Waals surface area contributed by atoms with Gasteiger partial charge in [-0.1, -0.05) is 11.3 Å². The molecule has 6 nitrogen and oxygen atoms in total. The van der Waals surface area contributed by atoms with Gasteiger partial charge in [0, 0.05) is 24.6 Å². The Morgan fingerprint density at radius 1 is 1.28 bits per heavy atom. The molecule has 2 rings (SSSR count). The number of benzene rings is 1. The van der Waals surface area contributed by atoms with Gasteiger partial charge in [0.25, 0.3) is 0 Å². The third-order valence-electron chi connectivity index (χ3n) is 2.88. The highest BCUT2D eigenvalue weighted by atomic mass is 16.5. The zero-order valence-electron chi connectivity index (χ0n) is 10.3. The molecule has 0 aliphatic carbocycles. The average molecular weight is 249 g/mol. The molecule has 0 aromatic heterocycles. The molecule has 1 aliphatic rings. The zero-order chi connectivity index (χ0) is 13.0. The number of methoxy groups -OCH3 is 1. The van der Waals surface area contributed by atoms with Crippen molar-refractivity contribution in [1.82, 2.24) is 5.01 Å². The molecule has 0 atom stereocenters. The molecule has 0 radical (unpaired) electrons. The molecular formula is C11H16BN3O3. The Hall–Kier alpha value is -1.60. The summed E-state index contributed by atoms with van der Waals surface area (Å²) in [5.41, 5.74) is 0.731. The van der Waals surface area contributed by atoms with Gasteiger partial charge in [0.1, 0.15) is 5.75 Å². The fourth-order valence-electron chi connectivity index (χ4n) is 1.86. The first kappa shape index (κ1) is 12.9. The van der Waals surface area contributed by atoms with Crippen molar-refractivity contribution in [3.63, 3.8) is 0 Å². The van der Waals surface area contributed by atoms with E-state index in [0.717, 1.165) is 25.9 Å². The molecule has 1 fully saturated rings. The number of ether oxygens (including phenoxy) is 1. The second-order valence-electron chi connectivity index (χ2n) is 4.15. The van der Waals surface area contributed by atoms with E-state index >= 15 is 0 Å². The van der Waals surface area contributed by atoms with Gasteiger partial charge in [-0.05, 0) is 18.9 Å². The smallest absolute Gasteiger partial charge is 0.490 e. The van der Waals surface area contributed by atoms with Crippen molar-refractivity contribution in [3.8, 4) is 5.75 Å². The molecule has 1 heterocycles. The highest BCUT2D eigenvalue weighted by molar-refractivity contribution is 6.60. The summed E-state index contributed by atoms with van der Waals surface area (Å²) in [5, 5.41) is 28.5. The maximum atomic E-state index is 9.26. The van der Waals surface area contributed by atoms with E-state index in [1.165, 1.54) is 0 Å². The van der Waals surface area contributed by atoms with E-state index in [1.54, 1.807) is 25.3 Å². The van der Waals surface area contributed by atoms with Crippen LogP contribution in [0.2, 0.25) is 0 Å². The Morgan fingerprint density at radius 3 is 2.61 bits per heavy atom. The minimum atomic E-state index is -1.57. The van der Waals surface area contributed by atoms with E-state index < -0.39 is 7.12 Å². The number of nitrogens with zero attached hydrogens (tertiary/aromatic N) is 3. The van der Waals surface area contributed by atoms with E-state index in [1.807, 2.05) is 5.01 Å². The van der Waals surface area contributed by atoms with Crippen LogP contribution in [0.4, 0.5) is 5.69 Å². The molecule has 0 spiro atoms. The van der Waals surface area contributed by atoms with E-state index in [2.05, 4.69) is 10.3 Å². The normalized spacial score (nSPS) is 15.4. The fraction of sp³-hybridized carbons (Fsp3) is 0.455. The van der Waals surface area contributed by atoms with Crippen LogP contribution in [0, 0.1) is 0 Å². The minimum Gasteiger partial charge on any atom is -0.497 e. The summed E-state index contributed by atoms with van der Waals surface area (Å²) >= 11 is 0. The standard InChI is InChI=1S/C11H16BN3O3/c1-18-9-4-5-10(12(16)17)11(8-9)13-14-15-6-2-3-7-15/h4-5,8,16-17H,2-3,6-7H2,1H3. The largest absolute Gasteiger partial charge is 0.497 e. The summed E-state index contributed by atoms with van der Waals surface area (Å²) in [4.78, 5) is 0. The van der Waals surface area contributed by atoms with Crippen molar-refractivity contribution < 1.29 is 14.8 Å². The lowest BCUT2D eigenvalue weighted by Gasteiger charge is -2.09. The maximum Gasteiger partial charge on any atom is 0.490 e. The summed E-state index contributed by atoms with van der Waals surface area (Å²) in [6.07, 6.45) is 2.24. The predicted octanol–water partition coefficient (Wildman–Crippen LogP) is 0.469. The molecule has 1 saturated heterocycles. The van der Waals surface area contributed by atoms with Crippen LogP contribution < -0.4 is 10.2 Å². The Balaban J connectivity index is 2.22. The molecule has 2 N–H and O–H groups in total. The molecule has 1 aromatic carbocycles. The molecule has 7 heteroatoms. The topological polar surface area (TPSA) is 77.6 Å². The van der Waals surface area contributed by atoms with Crippen molar-refractivity contribution in [2.45, 2.75) is 12.8 Å². The second-order valence-corrected chi connectivity index (χ2v) is 4.15. The van der Waals surface area contributed by atoms with Gasteiger partial charge in [0.15, 0.2) is 0 Å². The van der Waals surface area contributed by atoms with Crippen LogP contribution >= 0.6 is 0 Å². The lowest BCUT2D eigenvalue weighted by molar-refractivity contribution is 0.336. The molecule has 1 aromatic rings. The Kier molecular flexibility index (Phi) is 4.17. The SMILES string of the molecule is COc1ccc(B(O)O)c(N=NN2CCCC2)c1. The number of hydrogen-bond acceptors (Lipinski definition) is 5. The lowest BCUT2D eigenvalue weighted by atomic mass is 9.79. The maximum absolute atomic E-state index is 9.26. The molecule has 0 amide bonds. The predicted molar refractivity (Wildman–Crippen MR) is 68.1 cm³/mol. The number of rotatable bonds is 4. The van der Waals surface area contributed by atoms with Crippen LogP contribution in [-0.2, 0) is 0 Å². The fourth-order valence-corrected chi connectivity index (χ4v) is 1.86. The Bertz CT molecular complexity index is 434. The first-order chi connectivity index (χ1) is 8.70. The summed E-state index contributed by atoms with van der Waals surface area (Å²) < 4.78 is 5.08. The highest BCUT2D eigenvalue weighted by Crippen LogP contribution is 2.19. The molecule has 0 saturated carbocycles. The monoisotopic (exact) mass is 249 g/mol. The van der Waals surface area contributed by atoms with Gasteiger partial charge >= 0.3 is 7.12 Å². The van der Waals surface area contributed by atoms with Crippen molar-refractivity contribution in [2.24, 2.45) is 10.3 Å². The second kappa shape index (κ2) is 5.84. The molecule has 0 unspecified atom stereocenters. The van der Waals surface area contributed by atoms with Crippen LogP contribution in [0.5, 0.6) is 5.75 Å². The number of hydrogen-bond donors (Lipinski definition) is 2. The molecule has 0 bridgehead atoms. The third kappa shape index (κ3) is 2.99. The van der Waals surface area contributed by atoms with Crippen molar-refractivity contribution in [1.29, 1.82) is 0 Å². The molecular weight excluding hydrogens is 233 g/mol. The summed E-state index contributed by atoms with van der Waals surface area (Å²) in [5.74, 6) is 0.606. The summed E-state index contributed by atoms with van der Waals surface area (Å²) in [6, 6.07) is 4.86. The van der Waals surface area contributed by atoms with Crippen LogP contribution in [0.25, 0.3) is 0 Å². The van der Waals surface area contributed by atoms with E-state index in [-0.39, 0.29) is 0 Å². The van der Waals surface area contributed by atoms with E-state index in [9.17, 15) is 10.0 Å². The molecule has 96 valence electrons. The first-order valence-electron chi connectivity index (χ1n) is 5.91. The van der Waals surface area contributed by atoms with Gasteiger partial charge in [0.2, 0.25) is 0 Å². The van der Waals surface area contributed by atoms with Crippen LogP contribution in [0.3, 0.4) is 0 Å². The van der Waals surface area contributed by atoms with Crippen molar-refractivity contribution in [3.05, 3.63) is 18.2 Å². The van der Waals surface area contributed by atoms with Gasteiger partial charge in [-0.2, -0.15) is 0 Å². The minimum absolute atomic E-state index is 0.318. The Morgan fingerprint density at radius 2 is 2.00 bits per heavy atom. The third-order valence-corrected chi connectivity index (χ3v) is 2.88. The Labute approximate surface area is 106 Å². The summed E-state index contributed by atoms with van der Waals surface area (Å²) in [7, 11) is -0.0189. The zero-order valence-corrected chi connectivity index (χ0v) is 10.3. The van der Waals surface area contributed by atoms with Gasteiger partial charge in [-0.3, -0.25) is 5.01 Å². The highest BCUT2D eigenvalue weighted by Gasteiger charge is 2.17. The van der Waals surface area contributed by atoms with Crippen molar-refractivity contribution >= 4 is 18.3 Å². The summed E-state index contributed by atoms with van der Waals surface area (Å²) in [6.45, 7) is 1.79.